The third kappa shape index (κ3) is 5.26. The van der Waals surface area contributed by atoms with Crippen molar-refractivity contribution in [2.24, 2.45) is 0 Å². The number of aryl methyl sites for hydroxylation is 1. The number of para-hydroxylation sites is 1. The number of hydrogen-bond donors (Lipinski definition) is 0. The van der Waals surface area contributed by atoms with Crippen molar-refractivity contribution in [2.45, 2.75) is 39.0 Å². The zero-order chi connectivity index (χ0) is 35.4. The molecule has 0 saturated heterocycles. The molecule has 2 nitrogen and oxygen atoms in total. The van der Waals surface area contributed by atoms with Crippen LogP contribution in [0.3, 0.4) is 0 Å². The van der Waals surface area contributed by atoms with Crippen molar-refractivity contribution >= 4 is 50.5 Å². The molecule has 9 rings (SSSR count). The van der Waals surface area contributed by atoms with Gasteiger partial charge in [-0.15, -0.1) is 0 Å². The van der Waals surface area contributed by atoms with Gasteiger partial charge in [0.05, 0.1) is 5.69 Å². The van der Waals surface area contributed by atoms with Crippen molar-refractivity contribution in [2.75, 3.05) is 4.90 Å². The van der Waals surface area contributed by atoms with Crippen LogP contribution < -0.4 is 4.90 Å². The van der Waals surface area contributed by atoms with Gasteiger partial charge in [-0.25, -0.2) is 0 Å². The van der Waals surface area contributed by atoms with Gasteiger partial charge in [-0.3, -0.25) is 0 Å². The van der Waals surface area contributed by atoms with Crippen LogP contribution in [0.15, 0.2) is 168 Å². The Morgan fingerprint density at radius 2 is 1.46 bits per heavy atom. The predicted molar refractivity (Wildman–Crippen MR) is 221 cm³/mol. The van der Waals surface area contributed by atoms with Crippen LogP contribution in [0, 0.1) is 0 Å². The second kappa shape index (κ2) is 12.6. The molecular weight excluding hydrogens is 631 g/mol. The van der Waals surface area contributed by atoms with Crippen molar-refractivity contribution in [3.05, 3.63) is 197 Å². The summed E-state index contributed by atoms with van der Waals surface area (Å²) < 4.78 is 6.68. The maximum absolute atomic E-state index is 6.68. The molecule has 2 aliphatic rings. The summed E-state index contributed by atoms with van der Waals surface area (Å²) in [6, 6.07) is 47.8. The lowest BCUT2D eigenvalue weighted by Crippen LogP contribution is -2.18. The number of allylic oxidation sites excluding steroid dienone is 6. The molecule has 252 valence electrons. The van der Waals surface area contributed by atoms with E-state index < -0.39 is 0 Å². The molecule has 2 aliphatic carbocycles. The fraction of sp³-hybridized carbons (Fsp3) is 0.120. The largest absolute Gasteiger partial charge is 0.455 e. The summed E-state index contributed by atoms with van der Waals surface area (Å²) in [4.78, 5) is 2.45. The molecule has 0 unspecified atom stereocenters. The Labute approximate surface area is 306 Å². The van der Waals surface area contributed by atoms with E-state index in [1.807, 2.05) is 6.07 Å². The Kier molecular flexibility index (Phi) is 7.70. The molecule has 0 spiro atoms. The number of benzene rings is 6. The van der Waals surface area contributed by atoms with E-state index >= 15 is 0 Å². The molecule has 0 N–H and O–H groups in total. The Balaban J connectivity index is 1.26. The van der Waals surface area contributed by atoms with Crippen LogP contribution in [-0.2, 0) is 11.8 Å². The van der Waals surface area contributed by atoms with E-state index in [0.29, 0.717) is 0 Å². The van der Waals surface area contributed by atoms with Gasteiger partial charge in [0.15, 0.2) is 0 Å². The first-order chi connectivity index (χ1) is 25.4. The highest BCUT2D eigenvalue weighted by atomic mass is 16.3. The summed E-state index contributed by atoms with van der Waals surface area (Å²) in [5.41, 5.74) is 17.2. The molecule has 6 aromatic carbocycles. The lowest BCUT2D eigenvalue weighted by Gasteiger charge is -2.30. The minimum Gasteiger partial charge on any atom is -0.455 e. The standard InChI is InChI=1S/C50H41NO/c1-33(35-16-7-5-8-17-35)30-38(36-18-9-6-10-19-36)31-34(2)51(46-24-15-21-37-20-11-12-22-40(37)46)39-26-28-44-43(32-39)48-45(50(44,3)4)29-27-42-41-23-13-14-25-47(41)52-49(42)48/h5-10,12-19,21-32H,1,11,20H2,2-4H3/b34-31+,38-30+. The Bertz CT molecular complexity index is 2610. The number of fused-ring (bicyclic) bond motifs is 8. The van der Waals surface area contributed by atoms with Crippen LogP contribution in [0.1, 0.15) is 60.6 Å². The van der Waals surface area contributed by atoms with Gasteiger partial charge in [-0.05, 0) is 101 Å². The second-order valence-electron chi connectivity index (χ2n) is 14.6. The van der Waals surface area contributed by atoms with E-state index in [1.54, 1.807) is 0 Å². The first-order valence-electron chi connectivity index (χ1n) is 18.3. The van der Waals surface area contributed by atoms with Gasteiger partial charge in [0.25, 0.3) is 0 Å². The summed E-state index contributed by atoms with van der Waals surface area (Å²) in [6.07, 6.45) is 11.2. The first kappa shape index (κ1) is 31.8. The molecule has 0 atom stereocenters. The summed E-state index contributed by atoms with van der Waals surface area (Å²) in [7, 11) is 0. The van der Waals surface area contributed by atoms with Gasteiger partial charge in [-0.2, -0.15) is 0 Å². The Morgan fingerprint density at radius 3 is 2.27 bits per heavy atom. The third-order valence-corrected chi connectivity index (χ3v) is 11.0. The van der Waals surface area contributed by atoms with Crippen LogP contribution in [0.4, 0.5) is 11.4 Å². The SMILES string of the molecule is C=C(/C=C(\C=C(/C)N(c1ccc2c(c1)-c1c(ccc3c1oc1ccccc13)C2(C)C)c1cccc2c1C=CCC2)c1ccccc1)c1ccccc1. The molecule has 0 fully saturated rings. The topological polar surface area (TPSA) is 16.4 Å². The summed E-state index contributed by atoms with van der Waals surface area (Å²) >= 11 is 0. The maximum Gasteiger partial charge on any atom is 0.143 e. The molecule has 1 aromatic heterocycles. The number of hydrogen-bond acceptors (Lipinski definition) is 2. The van der Waals surface area contributed by atoms with Crippen molar-refractivity contribution < 1.29 is 4.42 Å². The smallest absolute Gasteiger partial charge is 0.143 e. The summed E-state index contributed by atoms with van der Waals surface area (Å²) in [6.45, 7) is 11.4. The number of nitrogens with zero attached hydrogens (tertiary/aromatic N) is 1. The monoisotopic (exact) mass is 671 g/mol. The average Bonchev–Trinajstić information content (AvgIpc) is 3.67. The molecule has 0 saturated carbocycles. The molecule has 2 heteroatoms. The average molecular weight is 672 g/mol. The van der Waals surface area contributed by atoms with E-state index in [-0.39, 0.29) is 5.41 Å². The molecule has 0 radical (unpaired) electrons. The highest BCUT2D eigenvalue weighted by Gasteiger charge is 2.38. The van der Waals surface area contributed by atoms with E-state index in [0.717, 1.165) is 68.4 Å². The molecular formula is C50H41NO. The van der Waals surface area contributed by atoms with E-state index in [1.165, 1.54) is 39.1 Å². The molecule has 1 heterocycles. The molecule has 0 bridgehead atoms. The van der Waals surface area contributed by atoms with Crippen molar-refractivity contribution in [3.63, 3.8) is 0 Å². The maximum atomic E-state index is 6.68. The van der Waals surface area contributed by atoms with E-state index in [2.05, 4.69) is 184 Å². The van der Waals surface area contributed by atoms with E-state index in [9.17, 15) is 0 Å². The molecule has 0 aliphatic heterocycles. The second-order valence-corrected chi connectivity index (χ2v) is 14.6. The van der Waals surface area contributed by atoms with Gasteiger partial charge in [0, 0.05) is 38.7 Å². The Hall–Kier alpha value is -6.12. The fourth-order valence-corrected chi connectivity index (χ4v) is 8.37. The van der Waals surface area contributed by atoms with Crippen molar-refractivity contribution in [1.29, 1.82) is 0 Å². The quantitative estimate of drug-likeness (QED) is 0.157. The minimum absolute atomic E-state index is 0.165. The predicted octanol–water partition coefficient (Wildman–Crippen LogP) is 13.7. The van der Waals surface area contributed by atoms with Crippen LogP contribution in [-0.4, -0.2) is 0 Å². The number of rotatable bonds is 7. The fourth-order valence-electron chi connectivity index (χ4n) is 8.37. The molecule has 0 amide bonds. The zero-order valence-corrected chi connectivity index (χ0v) is 30.0. The van der Waals surface area contributed by atoms with Gasteiger partial charge < -0.3 is 9.32 Å². The van der Waals surface area contributed by atoms with Gasteiger partial charge in [0.2, 0.25) is 0 Å². The minimum atomic E-state index is -0.165. The number of anilines is 2. The van der Waals surface area contributed by atoms with Gasteiger partial charge in [-0.1, -0.05) is 142 Å². The normalized spacial score (nSPS) is 14.7. The van der Waals surface area contributed by atoms with Crippen molar-refractivity contribution in [3.8, 4) is 11.1 Å². The highest BCUT2D eigenvalue weighted by Crippen LogP contribution is 2.54. The lowest BCUT2D eigenvalue weighted by molar-refractivity contribution is 0.653. The summed E-state index contributed by atoms with van der Waals surface area (Å²) in [5.74, 6) is 0. The van der Waals surface area contributed by atoms with Crippen LogP contribution in [0.25, 0.3) is 50.3 Å². The lowest BCUT2D eigenvalue weighted by atomic mass is 9.82. The van der Waals surface area contributed by atoms with Crippen LogP contribution in [0.5, 0.6) is 0 Å². The Morgan fingerprint density at radius 1 is 0.731 bits per heavy atom. The summed E-state index contributed by atoms with van der Waals surface area (Å²) in [5, 5.41) is 2.32. The van der Waals surface area contributed by atoms with E-state index in [4.69, 9.17) is 4.42 Å². The molecule has 52 heavy (non-hydrogen) atoms. The number of furan rings is 1. The first-order valence-corrected chi connectivity index (χ1v) is 18.3. The van der Waals surface area contributed by atoms with Gasteiger partial charge >= 0.3 is 0 Å². The van der Waals surface area contributed by atoms with Crippen LogP contribution >= 0.6 is 0 Å². The zero-order valence-electron chi connectivity index (χ0n) is 30.0. The third-order valence-electron chi connectivity index (χ3n) is 11.0. The van der Waals surface area contributed by atoms with Gasteiger partial charge in [0.1, 0.15) is 11.2 Å². The van der Waals surface area contributed by atoms with Crippen molar-refractivity contribution in [1.82, 2.24) is 0 Å². The van der Waals surface area contributed by atoms with Crippen LogP contribution in [0.2, 0.25) is 0 Å². The highest BCUT2D eigenvalue weighted by molar-refractivity contribution is 6.12. The molecule has 7 aromatic rings.